The van der Waals surface area contributed by atoms with Crippen LogP contribution in [-0.4, -0.2) is 37.7 Å². The molecule has 0 aromatic rings. The smallest absolute Gasteiger partial charge is 0.306 e. The maximum atomic E-state index is 10.8. The Hall–Kier alpha value is -0.220. The van der Waals surface area contributed by atoms with E-state index in [-0.39, 0.29) is 5.97 Å². The molecule has 0 amide bonds. The lowest BCUT2D eigenvalue weighted by atomic mass is 10.2. The number of nitrogens with one attached hydrogen (secondary N) is 1. The van der Waals surface area contributed by atoms with E-state index in [4.69, 9.17) is 0 Å². The van der Waals surface area contributed by atoms with E-state index < -0.39 is 0 Å². The topological polar surface area (TPSA) is 38.3 Å². The van der Waals surface area contributed by atoms with E-state index in [1.165, 1.54) is 20.0 Å². The monoisotopic (exact) mass is 219 g/mol. The maximum absolute atomic E-state index is 10.8. The molecular formula is C10H21NO2S. The van der Waals surface area contributed by atoms with Crippen LogP contribution in [0.5, 0.6) is 0 Å². The van der Waals surface area contributed by atoms with Crippen LogP contribution in [0.4, 0.5) is 0 Å². The van der Waals surface area contributed by atoms with Gasteiger partial charge in [-0.2, -0.15) is 11.8 Å². The van der Waals surface area contributed by atoms with Crippen molar-refractivity contribution in [1.29, 1.82) is 0 Å². The van der Waals surface area contributed by atoms with Gasteiger partial charge in [0.2, 0.25) is 0 Å². The Morgan fingerprint density at radius 3 is 2.79 bits per heavy atom. The summed E-state index contributed by atoms with van der Waals surface area (Å²) in [4.78, 5) is 10.8. The molecule has 0 aliphatic heterocycles. The van der Waals surface area contributed by atoms with Crippen LogP contribution >= 0.6 is 11.8 Å². The SMILES string of the molecule is CCCC(CSCCC(=O)OC)NC. The molecule has 0 aromatic heterocycles. The molecule has 0 rings (SSSR count). The summed E-state index contributed by atoms with van der Waals surface area (Å²) in [6.45, 7) is 2.18. The Kier molecular flexibility index (Phi) is 9.19. The first-order valence-electron chi connectivity index (χ1n) is 5.06. The van der Waals surface area contributed by atoms with Gasteiger partial charge in [0, 0.05) is 17.5 Å². The Morgan fingerprint density at radius 1 is 1.57 bits per heavy atom. The minimum absolute atomic E-state index is 0.117. The van der Waals surface area contributed by atoms with E-state index >= 15 is 0 Å². The molecule has 4 heteroatoms. The molecule has 0 bridgehead atoms. The summed E-state index contributed by atoms with van der Waals surface area (Å²) >= 11 is 1.81. The summed E-state index contributed by atoms with van der Waals surface area (Å²) in [6, 6.07) is 0.572. The number of thioether (sulfide) groups is 1. The van der Waals surface area contributed by atoms with Crippen LogP contribution in [0, 0.1) is 0 Å². The number of carbonyl (C=O) groups is 1. The van der Waals surface area contributed by atoms with Gasteiger partial charge in [-0.25, -0.2) is 0 Å². The highest BCUT2D eigenvalue weighted by molar-refractivity contribution is 7.99. The van der Waals surface area contributed by atoms with E-state index in [0.717, 1.165) is 11.5 Å². The van der Waals surface area contributed by atoms with Crippen molar-refractivity contribution in [3.05, 3.63) is 0 Å². The summed E-state index contributed by atoms with van der Waals surface area (Å²) in [6.07, 6.45) is 2.91. The van der Waals surface area contributed by atoms with Crippen LogP contribution in [0.15, 0.2) is 0 Å². The van der Waals surface area contributed by atoms with E-state index in [9.17, 15) is 4.79 Å². The zero-order chi connectivity index (χ0) is 10.8. The summed E-state index contributed by atoms with van der Waals surface area (Å²) in [5, 5.41) is 3.27. The maximum Gasteiger partial charge on any atom is 0.306 e. The second-order valence-corrected chi connectivity index (χ2v) is 4.33. The summed E-state index contributed by atoms with van der Waals surface area (Å²) in [7, 11) is 3.42. The molecular weight excluding hydrogens is 198 g/mol. The Morgan fingerprint density at radius 2 is 2.29 bits per heavy atom. The number of ether oxygens (including phenoxy) is 1. The first-order chi connectivity index (χ1) is 6.74. The molecule has 0 aliphatic rings. The number of esters is 1. The molecule has 0 spiro atoms. The van der Waals surface area contributed by atoms with E-state index in [1.54, 1.807) is 11.8 Å². The molecule has 3 nitrogen and oxygen atoms in total. The van der Waals surface area contributed by atoms with Gasteiger partial charge in [-0.1, -0.05) is 13.3 Å². The highest BCUT2D eigenvalue weighted by Gasteiger charge is 2.05. The fourth-order valence-electron chi connectivity index (χ4n) is 1.14. The van der Waals surface area contributed by atoms with Crippen molar-refractivity contribution in [2.45, 2.75) is 32.2 Å². The molecule has 0 heterocycles. The molecule has 0 aliphatic carbocycles. The van der Waals surface area contributed by atoms with Gasteiger partial charge in [-0.3, -0.25) is 4.79 Å². The Bertz CT molecular complexity index is 153. The van der Waals surface area contributed by atoms with Gasteiger partial charge < -0.3 is 10.1 Å². The zero-order valence-electron chi connectivity index (χ0n) is 9.34. The quantitative estimate of drug-likeness (QED) is 0.498. The predicted octanol–water partition coefficient (Wildman–Crippen LogP) is 1.67. The highest BCUT2D eigenvalue weighted by atomic mass is 32.2. The Labute approximate surface area is 91.0 Å². The van der Waals surface area contributed by atoms with Crippen LogP contribution in [0.25, 0.3) is 0 Å². The van der Waals surface area contributed by atoms with Crippen molar-refractivity contribution in [3.8, 4) is 0 Å². The number of hydrogen-bond acceptors (Lipinski definition) is 4. The average Bonchev–Trinajstić information content (AvgIpc) is 2.22. The van der Waals surface area contributed by atoms with Crippen molar-refractivity contribution in [3.63, 3.8) is 0 Å². The lowest BCUT2D eigenvalue weighted by Crippen LogP contribution is -2.27. The highest BCUT2D eigenvalue weighted by Crippen LogP contribution is 2.08. The zero-order valence-corrected chi connectivity index (χ0v) is 10.2. The van der Waals surface area contributed by atoms with Gasteiger partial charge >= 0.3 is 5.97 Å². The van der Waals surface area contributed by atoms with Crippen molar-refractivity contribution in [1.82, 2.24) is 5.32 Å². The third-order valence-corrected chi connectivity index (χ3v) is 3.17. The average molecular weight is 219 g/mol. The van der Waals surface area contributed by atoms with Crippen molar-refractivity contribution in [2.75, 3.05) is 25.7 Å². The molecule has 0 radical (unpaired) electrons. The van der Waals surface area contributed by atoms with Crippen molar-refractivity contribution >= 4 is 17.7 Å². The van der Waals surface area contributed by atoms with Gasteiger partial charge in [0.1, 0.15) is 0 Å². The molecule has 1 N–H and O–H groups in total. The molecule has 0 fully saturated rings. The molecule has 84 valence electrons. The molecule has 0 saturated carbocycles. The normalized spacial score (nSPS) is 12.5. The second-order valence-electron chi connectivity index (χ2n) is 3.18. The van der Waals surface area contributed by atoms with Crippen LogP contribution in [0.1, 0.15) is 26.2 Å². The van der Waals surface area contributed by atoms with Gasteiger partial charge in [0.15, 0.2) is 0 Å². The van der Waals surface area contributed by atoms with Gasteiger partial charge in [0.05, 0.1) is 13.5 Å². The molecule has 14 heavy (non-hydrogen) atoms. The molecule has 1 atom stereocenters. The first kappa shape index (κ1) is 13.8. The molecule has 1 unspecified atom stereocenters. The predicted molar refractivity (Wildman–Crippen MR) is 61.7 cm³/mol. The third kappa shape index (κ3) is 7.21. The second kappa shape index (κ2) is 9.34. The lowest BCUT2D eigenvalue weighted by Gasteiger charge is -2.13. The number of carbonyl (C=O) groups excluding carboxylic acids is 1. The van der Waals surface area contributed by atoms with Crippen LogP contribution in [-0.2, 0) is 9.53 Å². The van der Waals surface area contributed by atoms with Crippen molar-refractivity contribution in [2.24, 2.45) is 0 Å². The largest absolute Gasteiger partial charge is 0.469 e. The fraction of sp³-hybridized carbons (Fsp3) is 0.900. The standard InChI is InChI=1S/C10H21NO2S/c1-4-5-9(11-2)8-14-7-6-10(12)13-3/h9,11H,4-8H2,1-3H3. The van der Waals surface area contributed by atoms with Gasteiger partial charge in [0.25, 0.3) is 0 Å². The number of hydrogen-bond donors (Lipinski definition) is 1. The minimum atomic E-state index is -0.117. The van der Waals surface area contributed by atoms with E-state index in [0.29, 0.717) is 12.5 Å². The summed E-state index contributed by atoms with van der Waals surface area (Å²) in [5.74, 6) is 1.81. The number of rotatable bonds is 8. The van der Waals surface area contributed by atoms with Crippen LogP contribution in [0.2, 0.25) is 0 Å². The summed E-state index contributed by atoms with van der Waals surface area (Å²) < 4.78 is 4.56. The number of methoxy groups -OCH3 is 1. The van der Waals surface area contributed by atoms with Crippen molar-refractivity contribution < 1.29 is 9.53 Å². The van der Waals surface area contributed by atoms with Crippen LogP contribution < -0.4 is 5.32 Å². The Balaban J connectivity index is 3.37. The minimum Gasteiger partial charge on any atom is -0.469 e. The van der Waals surface area contributed by atoms with Crippen LogP contribution in [0.3, 0.4) is 0 Å². The third-order valence-electron chi connectivity index (χ3n) is 2.04. The lowest BCUT2D eigenvalue weighted by molar-refractivity contribution is -0.140. The van der Waals surface area contributed by atoms with Gasteiger partial charge in [-0.05, 0) is 13.5 Å². The fourth-order valence-corrected chi connectivity index (χ4v) is 2.24. The van der Waals surface area contributed by atoms with E-state index in [2.05, 4.69) is 17.0 Å². The summed E-state index contributed by atoms with van der Waals surface area (Å²) in [5.41, 5.74) is 0. The first-order valence-corrected chi connectivity index (χ1v) is 6.21. The van der Waals surface area contributed by atoms with E-state index in [1.807, 2.05) is 7.05 Å². The molecule has 0 saturated heterocycles. The van der Waals surface area contributed by atoms with Gasteiger partial charge in [-0.15, -0.1) is 0 Å². The molecule has 0 aromatic carbocycles.